The van der Waals surface area contributed by atoms with Crippen molar-refractivity contribution in [3.8, 4) is 0 Å². The Labute approximate surface area is 219 Å². The molecule has 210 valence electrons. The molecular formula is C28H44O9. The highest BCUT2D eigenvalue weighted by Gasteiger charge is 2.65. The number of hydrogen-bond donors (Lipinski definition) is 1. The first-order valence-electron chi connectivity index (χ1n) is 13.3. The highest BCUT2D eigenvalue weighted by molar-refractivity contribution is 5.82. The number of carbonyl (C=O) groups is 4. The van der Waals surface area contributed by atoms with E-state index < -0.39 is 45.9 Å². The lowest BCUT2D eigenvalue weighted by Crippen LogP contribution is -2.48. The number of cyclic esters (lactones) is 1. The first kappa shape index (κ1) is 29.4. The number of fused-ring (bicyclic) bond motifs is 5. The molecule has 0 amide bonds. The van der Waals surface area contributed by atoms with Gasteiger partial charge in [-0.3, -0.25) is 19.2 Å². The fraction of sp³-hybridized carbons (Fsp3) is 0.857. The minimum atomic E-state index is -1.40. The van der Waals surface area contributed by atoms with Crippen LogP contribution in [0.5, 0.6) is 0 Å². The number of carboxylic acid groups (broad SMARTS) is 1. The molecule has 0 radical (unpaired) electrons. The average molecular weight is 525 g/mol. The highest BCUT2D eigenvalue weighted by atomic mass is 16.6. The molecule has 9 heteroatoms. The van der Waals surface area contributed by atoms with Crippen LogP contribution in [0.4, 0.5) is 0 Å². The average Bonchev–Trinajstić information content (AvgIpc) is 3.43. The first-order chi connectivity index (χ1) is 16.9. The zero-order chi connectivity index (χ0) is 28.1. The Morgan fingerprint density at radius 1 is 0.919 bits per heavy atom. The number of hydrogen-bond acceptors (Lipinski definition) is 8. The van der Waals surface area contributed by atoms with Gasteiger partial charge in [0, 0.05) is 18.9 Å². The molecule has 3 fully saturated rings. The quantitative estimate of drug-likeness (QED) is 0.333. The third-order valence-electron chi connectivity index (χ3n) is 8.74. The molecule has 8 atom stereocenters. The molecule has 0 aromatic heterocycles. The summed E-state index contributed by atoms with van der Waals surface area (Å²) in [4.78, 5) is 51.4. The number of ether oxygens (including phenoxy) is 4. The van der Waals surface area contributed by atoms with Gasteiger partial charge in [-0.05, 0) is 80.1 Å². The van der Waals surface area contributed by atoms with E-state index in [1.807, 2.05) is 6.92 Å². The van der Waals surface area contributed by atoms with Crippen molar-refractivity contribution in [3.05, 3.63) is 0 Å². The van der Waals surface area contributed by atoms with Crippen LogP contribution in [0.15, 0.2) is 0 Å². The van der Waals surface area contributed by atoms with Crippen molar-refractivity contribution in [1.82, 2.24) is 0 Å². The standard InChI is InChI=1S/C28H44O9/c1-10-27(7,24(33)37-25(2,3)4)14-28(8,22(30)31)13-26(5,6)23(32)36-20-16-11-15(19(20)34-9)17-12-35-21(29)18(16)17/h15-20H,10-14H2,1-9H3,(H,30,31). The highest BCUT2D eigenvalue weighted by Crippen LogP contribution is 2.57. The predicted octanol–water partition coefficient (Wildman–Crippen LogP) is 4.01. The molecule has 0 aromatic rings. The van der Waals surface area contributed by atoms with E-state index in [-0.39, 0.29) is 48.6 Å². The Morgan fingerprint density at radius 2 is 1.54 bits per heavy atom. The molecule has 3 rings (SSSR count). The monoisotopic (exact) mass is 524 g/mol. The lowest BCUT2D eigenvalue weighted by Gasteiger charge is -2.40. The largest absolute Gasteiger partial charge is 0.481 e. The molecule has 1 N–H and O–H groups in total. The van der Waals surface area contributed by atoms with Crippen molar-refractivity contribution in [2.45, 2.75) is 98.9 Å². The molecule has 9 nitrogen and oxygen atoms in total. The maximum Gasteiger partial charge on any atom is 0.312 e. The molecule has 0 aromatic carbocycles. The summed E-state index contributed by atoms with van der Waals surface area (Å²) in [5, 5.41) is 10.3. The maximum atomic E-state index is 13.5. The van der Waals surface area contributed by atoms with Gasteiger partial charge in [0.05, 0.1) is 34.9 Å². The third kappa shape index (κ3) is 5.52. The van der Waals surface area contributed by atoms with E-state index in [0.29, 0.717) is 13.0 Å². The smallest absolute Gasteiger partial charge is 0.312 e. The maximum absolute atomic E-state index is 13.5. The summed E-state index contributed by atoms with van der Waals surface area (Å²) < 4.78 is 22.6. The van der Waals surface area contributed by atoms with E-state index in [2.05, 4.69) is 0 Å². The molecule has 3 aliphatic rings. The number of carbonyl (C=O) groups excluding carboxylic acids is 3. The number of rotatable bonds is 10. The van der Waals surface area contributed by atoms with Gasteiger partial charge in [-0.1, -0.05) is 6.92 Å². The second-order valence-corrected chi connectivity index (χ2v) is 13.5. The van der Waals surface area contributed by atoms with Gasteiger partial charge in [0.25, 0.3) is 0 Å². The summed E-state index contributed by atoms with van der Waals surface area (Å²) in [6, 6.07) is 0. The van der Waals surface area contributed by atoms with Crippen LogP contribution in [0.3, 0.4) is 0 Å². The van der Waals surface area contributed by atoms with E-state index in [1.54, 1.807) is 55.6 Å². The zero-order valence-corrected chi connectivity index (χ0v) is 23.7. The number of esters is 3. The number of methoxy groups -OCH3 is 1. The van der Waals surface area contributed by atoms with E-state index in [4.69, 9.17) is 18.9 Å². The van der Waals surface area contributed by atoms with E-state index in [1.165, 1.54) is 0 Å². The number of carboxylic acids is 1. The second-order valence-electron chi connectivity index (χ2n) is 13.5. The van der Waals surface area contributed by atoms with Crippen molar-refractivity contribution in [2.75, 3.05) is 13.7 Å². The molecule has 0 spiro atoms. The summed E-state index contributed by atoms with van der Waals surface area (Å²) in [5.74, 6) is -2.64. The predicted molar refractivity (Wildman–Crippen MR) is 133 cm³/mol. The van der Waals surface area contributed by atoms with E-state index in [9.17, 15) is 24.3 Å². The lowest BCUT2D eigenvalue weighted by atomic mass is 9.65. The lowest BCUT2D eigenvalue weighted by molar-refractivity contribution is -0.180. The van der Waals surface area contributed by atoms with Crippen LogP contribution < -0.4 is 0 Å². The van der Waals surface area contributed by atoms with E-state index >= 15 is 0 Å². The van der Waals surface area contributed by atoms with Gasteiger partial charge in [0.15, 0.2) is 0 Å². The SMILES string of the molecule is CCC(C)(CC(C)(CC(C)(C)C(=O)OC1C2CC(C3COC(=O)C32)C1OC)C(=O)O)C(=O)OC(C)(C)C. The van der Waals surface area contributed by atoms with Crippen molar-refractivity contribution in [2.24, 2.45) is 39.9 Å². The van der Waals surface area contributed by atoms with Crippen LogP contribution >= 0.6 is 0 Å². The molecule has 1 aliphatic heterocycles. The Morgan fingerprint density at radius 3 is 2.05 bits per heavy atom. The minimum absolute atomic E-state index is 0.00186. The normalized spacial score (nSPS) is 32.2. The van der Waals surface area contributed by atoms with Gasteiger partial charge in [0.1, 0.15) is 11.7 Å². The van der Waals surface area contributed by atoms with Crippen molar-refractivity contribution in [3.63, 3.8) is 0 Å². The van der Waals surface area contributed by atoms with Crippen molar-refractivity contribution < 1.29 is 43.2 Å². The Bertz CT molecular complexity index is 934. The topological polar surface area (TPSA) is 125 Å². The fourth-order valence-electron chi connectivity index (χ4n) is 6.89. The van der Waals surface area contributed by atoms with Crippen LogP contribution in [0.1, 0.15) is 81.1 Å². The molecule has 37 heavy (non-hydrogen) atoms. The van der Waals surface area contributed by atoms with E-state index in [0.717, 1.165) is 6.42 Å². The molecule has 2 aliphatic carbocycles. The van der Waals surface area contributed by atoms with Gasteiger partial charge < -0.3 is 24.1 Å². The number of aliphatic carboxylic acids is 1. The minimum Gasteiger partial charge on any atom is -0.481 e. The van der Waals surface area contributed by atoms with Gasteiger partial charge in [-0.25, -0.2) is 0 Å². The van der Waals surface area contributed by atoms with Crippen LogP contribution in [0.2, 0.25) is 0 Å². The molecule has 1 saturated heterocycles. The molecule has 2 saturated carbocycles. The second kappa shape index (κ2) is 9.86. The van der Waals surface area contributed by atoms with Crippen LogP contribution in [0.25, 0.3) is 0 Å². The van der Waals surface area contributed by atoms with Gasteiger partial charge in [-0.2, -0.15) is 0 Å². The fourth-order valence-corrected chi connectivity index (χ4v) is 6.89. The summed E-state index contributed by atoms with van der Waals surface area (Å²) in [6.45, 7) is 14.1. The third-order valence-corrected chi connectivity index (χ3v) is 8.74. The van der Waals surface area contributed by atoms with Crippen LogP contribution in [-0.4, -0.2) is 60.5 Å². The summed E-state index contributed by atoms with van der Waals surface area (Å²) in [5.41, 5.74) is -4.34. The summed E-state index contributed by atoms with van der Waals surface area (Å²) in [6.07, 6.45) is 0.156. The van der Waals surface area contributed by atoms with Gasteiger partial charge >= 0.3 is 23.9 Å². The summed E-state index contributed by atoms with van der Waals surface area (Å²) >= 11 is 0. The van der Waals surface area contributed by atoms with Gasteiger partial charge in [-0.15, -0.1) is 0 Å². The molecule has 8 unspecified atom stereocenters. The Kier molecular flexibility index (Phi) is 7.83. The Balaban J connectivity index is 1.78. The van der Waals surface area contributed by atoms with Crippen molar-refractivity contribution >= 4 is 23.9 Å². The van der Waals surface area contributed by atoms with Gasteiger partial charge in [0.2, 0.25) is 0 Å². The van der Waals surface area contributed by atoms with Crippen LogP contribution in [-0.2, 0) is 38.1 Å². The van der Waals surface area contributed by atoms with Crippen molar-refractivity contribution in [1.29, 1.82) is 0 Å². The zero-order valence-electron chi connectivity index (χ0n) is 23.7. The first-order valence-corrected chi connectivity index (χ1v) is 13.3. The van der Waals surface area contributed by atoms with Crippen LogP contribution in [0, 0.1) is 39.9 Å². The molecule has 2 bridgehead atoms. The molecule has 1 heterocycles. The summed E-state index contributed by atoms with van der Waals surface area (Å²) in [7, 11) is 1.58. The molecular weight excluding hydrogens is 480 g/mol. The Hall–Kier alpha value is -2.16.